The quantitative estimate of drug-likeness (QED) is 0.452. The van der Waals surface area contributed by atoms with Crippen LogP contribution in [0.3, 0.4) is 0 Å². The third kappa shape index (κ3) is 5.15. The van der Waals surface area contributed by atoms with Crippen LogP contribution in [0.4, 0.5) is 19.7 Å². The second-order valence-electron chi connectivity index (χ2n) is 8.34. The molecule has 1 saturated heterocycles. The fourth-order valence-corrected chi connectivity index (χ4v) is 5.05. The van der Waals surface area contributed by atoms with Gasteiger partial charge in [-0.05, 0) is 44.5 Å². The van der Waals surface area contributed by atoms with Crippen LogP contribution in [0.1, 0.15) is 31.0 Å². The van der Waals surface area contributed by atoms with Gasteiger partial charge in [0, 0.05) is 36.1 Å². The molecule has 1 aromatic carbocycles. The van der Waals surface area contributed by atoms with E-state index in [1.807, 2.05) is 11.8 Å². The van der Waals surface area contributed by atoms with Crippen LogP contribution in [-0.4, -0.2) is 38.5 Å². The zero-order chi connectivity index (χ0) is 23.6. The highest BCUT2D eigenvalue weighted by atomic mass is 35.5. The zero-order valence-corrected chi connectivity index (χ0v) is 19.5. The van der Waals surface area contributed by atoms with Crippen LogP contribution >= 0.6 is 22.9 Å². The second kappa shape index (κ2) is 9.70. The number of likely N-dealkylation sites (tertiary alicyclic amines) is 1. The van der Waals surface area contributed by atoms with E-state index in [0.717, 1.165) is 0 Å². The van der Waals surface area contributed by atoms with Crippen molar-refractivity contribution >= 4 is 39.9 Å². The Morgan fingerprint density at radius 1 is 1.36 bits per heavy atom. The van der Waals surface area contributed by atoms with Gasteiger partial charge in [-0.25, -0.2) is 18.7 Å². The molecule has 0 unspecified atom stereocenters. The molecular weight excluding hydrogens is 470 g/mol. The number of nitrogens with one attached hydrogen (secondary N) is 1. The minimum absolute atomic E-state index is 0.0364. The number of carboxylic acids is 1. The average molecular weight is 493 g/mol. The van der Waals surface area contributed by atoms with Crippen LogP contribution in [0.2, 0.25) is 5.02 Å². The fraction of sp³-hybridized carbons (Fsp3) is 0.348. The Morgan fingerprint density at radius 2 is 2.18 bits per heavy atom. The lowest BCUT2D eigenvalue weighted by Gasteiger charge is -2.43. The van der Waals surface area contributed by atoms with E-state index in [2.05, 4.69) is 15.3 Å². The third-order valence-corrected chi connectivity index (χ3v) is 7.12. The lowest BCUT2D eigenvalue weighted by atomic mass is 9.72. The second-order valence-corrected chi connectivity index (χ2v) is 9.64. The van der Waals surface area contributed by atoms with Crippen LogP contribution in [0, 0.1) is 17.0 Å². The maximum absolute atomic E-state index is 14.6. The molecule has 0 bridgehead atoms. The monoisotopic (exact) mass is 492 g/mol. The minimum Gasteiger partial charge on any atom is -0.481 e. The molecule has 33 heavy (non-hydrogen) atoms. The zero-order valence-electron chi connectivity index (χ0n) is 17.9. The molecule has 2 aromatic heterocycles. The first-order chi connectivity index (χ1) is 15.8. The topological polar surface area (TPSA) is 78.3 Å². The van der Waals surface area contributed by atoms with Crippen molar-refractivity contribution in [3.05, 3.63) is 69.8 Å². The van der Waals surface area contributed by atoms with E-state index < -0.39 is 23.0 Å². The third-order valence-electron chi connectivity index (χ3n) is 6.14. The van der Waals surface area contributed by atoms with E-state index in [9.17, 15) is 18.7 Å². The molecule has 0 aliphatic carbocycles. The summed E-state index contributed by atoms with van der Waals surface area (Å²) in [5.41, 5.74) is -0.609. The van der Waals surface area contributed by atoms with Gasteiger partial charge in [0.2, 0.25) is 0 Å². The molecule has 3 aromatic rings. The number of carboxylic acid groups (broad SMARTS) is 1. The molecule has 4 rings (SSSR count). The van der Waals surface area contributed by atoms with Crippen molar-refractivity contribution in [1.29, 1.82) is 0 Å². The molecule has 1 fully saturated rings. The number of hydrogen-bond donors (Lipinski definition) is 2. The van der Waals surface area contributed by atoms with Crippen LogP contribution in [0.5, 0.6) is 0 Å². The minimum atomic E-state index is -1.17. The molecule has 174 valence electrons. The number of halogens is 3. The first-order valence-electron chi connectivity index (χ1n) is 10.5. The Morgan fingerprint density at radius 3 is 2.88 bits per heavy atom. The number of nitrogens with zero attached hydrogens (tertiary/aromatic N) is 3. The molecule has 1 aliphatic rings. The van der Waals surface area contributed by atoms with E-state index in [0.29, 0.717) is 36.0 Å². The SMILES string of the molecule is C[C@H]1C[C@](Cc2nc(Nc3nccs3)ccc2F)(C(=O)O)CCN1Cc1cccc(Cl)c1F. The number of carbonyl (C=O) groups is 1. The van der Waals surface area contributed by atoms with Crippen LogP contribution < -0.4 is 5.32 Å². The van der Waals surface area contributed by atoms with Crippen molar-refractivity contribution < 1.29 is 18.7 Å². The molecule has 2 atom stereocenters. The van der Waals surface area contributed by atoms with E-state index in [1.165, 1.54) is 29.5 Å². The highest BCUT2D eigenvalue weighted by molar-refractivity contribution is 7.13. The summed E-state index contributed by atoms with van der Waals surface area (Å²) < 4.78 is 29.0. The van der Waals surface area contributed by atoms with Gasteiger partial charge in [-0.2, -0.15) is 0 Å². The summed E-state index contributed by atoms with van der Waals surface area (Å²) in [6.07, 6.45) is 2.18. The number of thiazole rings is 1. The predicted molar refractivity (Wildman–Crippen MR) is 124 cm³/mol. The summed E-state index contributed by atoms with van der Waals surface area (Å²) in [5, 5.41) is 15.6. The van der Waals surface area contributed by atoms with Crippen LogP contribution in [0.15, 0.2) is 41.9 Å². The van der Waals surface area contributed by atoms with Gasteiger partial charge in [-0.3, -0.25) is 9.69 Å². The summed E-state index contributed by atoms with van der Waals surface area (Å²) in [6.45, 7) is 2.66. The Bertz CT molecular complexity index is 1150. The number of aliphatic carboxylic acids is 1. The standard InChI is InChI=1S/C23H23ClF2N4O2S/c1-14-11-23(21(31)32,7-9-30(14)13-15-3-2-4-16(24)20(15)26)12-18-17(25)5-6-19(28-18)29-22-27-8-10-33-22/h2-6,8,10,14H,7,9,11-13H2,1H3,(H,31,32)(H,27,28,29)/t14-,23+/m0/s1. The number of hydrogen-bond acceptors (Lipinski definition) is 6. The van der Waals surface area contributed by atoms with Gasteiger partial charge in [0.1, 0.15) is 17.5 Å². The molecule has 3 heterocycles. The van der Waals surface area contributed by atoms with E-state index in [1.54, 1.807) is 23.7 Å². The van der Waals surface area contributed by atoms with Crippen molar-refractivity contribution in [3.8, 4) is 0 Å². The average Bonchev–Trinajstić information content (AvgIpc) is 3.28. The molecule has 0 radical (unpaired) electrons. The molecule has 0 spiro atoms. The number of piperidine rings is 1. The van der Waals surface area contributed by atoms with E-state index >= 15 is 0 Å². The summed E-state index contributed by atoms with van der Waals surface area (Å²) in [7, 11) is 0. The Labute approximate surface area is 199 Å². The normalized spacial score (nSPS) is 21.2. The van der Waals surface area contributed by atoms with Crippen molar-refractivity contribution in [2.45, 2.75) is 38.8 Å². The predicted octanol–water partition coefficient (Wildman–Crippen LogP) is 5.51. The fourth-order valence-electron chi connectivity index (χ4n) is 4.32. The maximum Gasteiger partial charge on any atom is 0.310 e. The number of aromatic nitrogens is 2. The number of anilines is 2. The number of benzene rings is 1. The van der Waals surface area contributed by atoms with Crippen LogP contribution in [0.25, 0.3) is 0 Å². The number of rotatable bonds is 7. The Hall–Kier alpha value is -2.62. The highest BCUT2D eigenvalue weighted by Crippen LogP contribution is 2.39. The van der Waals surface area contributed by atoms with Crippen molar-refractivity contribution in [1.82, 2.24) is 14.9 Å². The Kier molecular flexibility index (Phi) is 6.92. The summed E-state index contributed by atoms with van der Waals surface area (Å²) >= 11 is 7.28. The van der Waals surface area contributed by atoms with Crippen molar-refractivity contribution in [2.75, 3.05) is 11.9 Å². The van der Waals surface area contributed by atoms with Gasteiger partial charge in [-0.15, -0.1) is 11.3 Å². The molecule has 6 nitrogen and oxygen atoms in total. The largest absolute Gasteiger partial charge is 0.481 e. The van der Waals surface area contributed by atoms with Gasteiger partial charge in [0.05, 0.1) is 16.1 Å². The van der Waals surface area contributed by atoms with Gasteiger partial charge >= 0.3 is 5.97 Å². The molecule has 2 N–H and O–H groups in total. The molecule has 1 aliphatic heterocycles. The van der Waals surface area contributed by atoms with Crippen molar-refractivity contribution in [2.24, 2.45) is 5.41 Å². The lowest BCUT2D eigenvalue weighted by Crippen LogP contribution is -2.50. The molecule has 10 heteroatoms. The Balaban J connectivity index is 1.52. The molecular formula is C23H23ClF2N4O2S. The molecule has 0 amide bonds. The highest BCUT2D eigenvalue weighted by Gasteiger charge is 2.45. The summed E-state index contributed by atoms with van der Waals surface area (Å²) in [5.74, 6) is -1.58. The first kappa shape index (κ1) is 23.5. The lowest BCUT2D eigenvalue weighted by molar-refractivity contribution is -0.153. The van der Waals surface area contributed by atoms with E-state index in [-0.39, 0.29) is 29.6 Å². The molecule has 0 saturated carbocycles. The summed E-state index contributed by atoms with van der Waals surface area (Å²) in [4.78, 5) is 22.9. The van der Waals surface area contributed by atoms with Gasteiger partial charge in [0.25, 0.3) is 0 Å². The smallest absolute Gasteiger partial charge is 0.310 e. The first-order valence-corrected chi connectivity index (χ1v) is 11.8. The van der Waals surface area contributed by atoms with Gasteiger partial charge in [-0.1, -0.05) is 23.7 Å². The van der Waals surface area contributed by atoms with Crippen LogP contribution in [-0.2, 0) is 17.8 Å². The van der Waals surface area contributed by atoms with Gasteiger partial charge < -0.3 is 10.4 Å². The van der Waals surface area contributed by atoms with E-state index in [4.69, 9.17) is 11.6 Å². The van der Waals surface area contributed by atoms with Gasteiger partial charge in [0.15, 0.2) is 5.13 Å². The summed E-state index contributed by atoms with van der Waals surface area (Å²) in [6, 6.07) is 7.49. The van der Waals surface area contributed by atoms with Crippen molar-refractivity contribution in [3.63, 3.8) is 0 Å². The number of pyridine rings is 1. The maximum atomic E-state index is 14.6.